The van der Waals surface area contributed by atoms with Crippen LogP contribution in [0.1, 0.15) is 11.1 Å². The first kappa shape index (κ1) is 11.5. The summed E-state index contributed by atoms with van der Waals surface area (Å²) in [6.07, 6.45) is 8.00. The smallest absolute Gasteiger partial charge is 0.126 e. The van der Waals surface area contributed by atoms with Gasteiger partial charge in [-0.2, -0.15) is 0 Å². The van der Waals surface area contributed by atoms with E-state index in [4.69, 9.17) is 0 Å². The van der Waals surface area contributed by atoms with Gasteiger partial charge in [0, 0.05) is 12.7 Å². The number of rotatable bonds is 1. The molecule has 1 aromatic rings. The number of aryl methyl sites for hydroxylation is 2. The van der Waals surface area contributed by atoms with Crippen molar-refractivity contribution in [2.45, 2.75) is 13.8 Å². The van der Waals surface area contributed by atoms with Crippen LogP contribution in [0.25, 0.3) is 0 Å². The summed E-state index contributed by atoms with van der Waals surface area (Å²) in [4.78, 5) is 0. The number of benzene rings is 1. The molecule has 1 N–H and O–H groups in total. The van der Waals surface area contributed by atoms with Crippen molar-refractivity contribution in [3.63, 3.8) is 0 Å². The number of anilines is 1. The molecule has 0 aromatic heterocycles. The van der Waals surface area contributed by atoms with Crippen molar-refractivity contribution in [1.82, 2.24) is 0 Å². The molecule has 0 atom stereocenters. The Labute approximate surface area is 79.0 Å². The summed E-state index contributed by atoms with van der Waals surface area (Å²) in [6.45, 7) is 3.64. The van der Waals surface area contributed by atoms with Crippen LogP contribution in [0, 0.1) is 32.5 Å². The highest BCUT2D eigenvalue weighted by molar-refractivity contribution is 5.52. The molecule has 0 radical (unpaired) electrons. The molecule has 0 saturated carbocycles. The molecule has 1 aromatic carbocycles. The van der Waals surface area contributed by atoms with E-state index in [0.717, 1.165) is 11.3 Å². The van der Waals surface area contributed by atoms with Crippen LogP contribution >= 0.6 is 0 Å². The van der Waals surface area contributed by atoms with Crippen LogP contribution in [-0.2, 0) is 0 Å². The third kappa shape index (κ3) is 2.79. The fourth-order valence-electron chi connectivity index (χ4n) is 1.05. The highest BCUT2D eigenvalue weighted by Gasteiger charge is 2.01. The van der Waals surface area contributed by atoms with Gasteiger partial charge in [0.05, 0.1) is 0 Å². The molecule has 0 heterocycles. The van der Waals surface area contributed by atoms with E-state index >= 15 is 0 Å². The quantitative estimate of drug-likeness (QED) is 0.653. The van der Waals surface area contributed by atoms with E-state index in [0.29, 0.717) is 5.56 Å². The summed E-state index contributed by atoms with van der Waals surface area (Å²) >= 11 is 0. The van der Waals surface area contributed by atoms with Crippen molar-refractivity contribution >= 4 is 5.69 Å². The minimum atomic E-state index is -0.137. The third-order valence-corrected chi connectivity index (χ3v) is 1.77. The van der Waals surface area contributed by atoms with E-state index in [9.17, 15) is 4.39 Å². The molecule has 2 heteroatoms. The average molecular weight is 179 g/mol. The normalized spacial score (nSPS) is 8.46. The Morgan fingerprint density at radius 1 is 1.15 bits per heavy atom. The van der Waals surface area contributed by atoms with Crippen molar-refractivity contribution in [2.24, 2.45) is 0 Å². The van der Waals surface area contributed by atoms with Crippen LogP contribution < -0.4 is 5.32 Å². The summed E-state index contributed by atoms with van der Waals surface area (Å²) in [7, 11) is 1.83. The zero-order valence-electron chi connectivity index (χ0n) is 8.19. The largest absolute Gasteiger partial charge is 0.388 e. The number of hydrogen-bond acceptors (Lipinski definition) is 1. The van der Waals surface area contributed by atoms with Gasteiger partial charge in [-0.25, -0.2) is 4.39 Å². The van der Waals surface area contributed by atoms with E-state index in [1.807, 2.05) is 20.0 Å². The molecule has 0 saturated heterocycles. The maximum Gasteiger partial charge on any atom is 0.126 e. The van der Waals surface area contributed by atoms with Crippen LogP contribution in [0.15, 0.2) is 12.1 Å². The second kappa shape index (κ2) is 5.21. The minimum Gasteiger partial charge on any atom is -0.388 e. The first-order valence-corrected chi connectivity index (χ1v) is 3.93. The van der Waals surface area contributed by atoms with Gasteiger partial charge in [-0.1, -0.05) is 0 Å². The molecule has 0 aliphatic heterocycles. The van der Waals surface area contributed by atoms with Crippen LogP contribution in [0.4, 0.5) is 10.1 Å². The van der Waals surface area contributed by atoms with Gasteiger partial charge >= 0.3 is 0 Å². The average Bonchev–Trinajstić information content (AvgIpc) is 2.15. The van der Waals surface area contributed by atoms with E-state index < -0.39 is 0 Å². The Kier molecular flexibility index (Phi) is 4.61. The molecule has 0 unspecified atom stereocenters. The molecular weight excluding hydrogens is 165 g/mol. The first-order valence-electron chi connectivity index (χ1n) is 3.93. The lowest BCUT2D eigenvalue weighted by atomic mass is 10.1. The Hall–Kier alpha value is -1.49. The van der Waals surface area contributed by atoms with Crippen LogP contribution in [0.2, 0.25) is 0 Å². The lowest BCUT2D eigenvalue weighted by molar-refractivity contribution is 0.617. The maximum atomic E-state index is 12.9. The fraction of sp³-hybridized carbons (Fsp3) is 0.273. The predicted molar refractivity (Wildman–Crippen MR) is 55.3 cm³/mol. The van der Waals surface area contributed by atoms with Crippen molar-refractivity contribution in [1.29, 1.82) is 0 Å². The lowest BCUT2D eigenvalue weighted by Crippen LogP contribution is -1.94. The van der Waals surface area contributed by atoms with Gasteiger partial charge in [0.1, 0.15) is 5.82 Å². The number of halogens is 1. The molecule has 0 aliphatic carbocycles. The molecule has 0 spiro atoms. The lowest BCUT2D eigenvalue weighted by Gasteiger charge is -2.06. The van der Waals surface area contributed by atoms with Crippen LogP contribution in [-0.4, -0.2) is 7.05 Å². The Balaban J connectivity index is 0.000000671. The summed E-state index contributed by atoms with van der Waals surface area (Å²) in [5, 5.41) is 3.00. The van der Waals surface area contributed by atoms with Gasteiger partial charge < -0.3 is 5.32 Å². The summed E-state index contributed by atoms with van der Waals surface area (Å²) in [6, 6.07) is 3.35. The molecule has 13 heavy (non-hydrogen) atoms. The molecule has 0 fully saturated rings. The summed E-state index contributed by atoms with van der Waals surface area (Å²) in [5.41, 5.74) is 2.61. The maximum absolute atomic E-state index is 12.9. The standard InChI is InChI=1S/C9H12FN.C2H2/c1-6-5-9(11-3)7(2)4-8(6)10;1-2/h4-5,11H,1-3H3;1-2H. The van der Waals surface area contributed by atoms with Gasteiger partial charge in [0.15, 0.2) is 0 Å². The highest BCUT2D eigenvalue weighted by Crippen LogP contribution is 2.18. The van der Waals surface area contributed by atoms with Gasteiger partial charge in [0.2, 0.25) is 0 Å². The van der Waals surface area contributed by atoms with Crippen molar-refractivity contribution < 1.29 is 4.39 Å². The molecule has 1 rings (SSSR count). The fourth-order valence-corrected chi connectivity index (χ4v) is 1.05. The van der Waals surface area contributed by atoms with E-state index in [1.165, 1.54) is 0 Å². The molecule has 0 bridgehead atoms. The van der Waals surface area contributed by atoms with E-state index in [2.05, 4.69) is 18.2 Å². The molecule has 0 amide bonds. The monoisotopic (exact) mass is 179 g/mol. The van der Waals surface area contributed by atoms with Gasteiger partial charge in [-0.15, -0.1) is 12.8 Å². The third-order valence-electron chi connectivity index (χ3n) is 1.77. The van der Waals surface area contributed by atoms with Gasteiger partial charge in [-0.05, 0) is 37.1 Å². The molecule has 0 aliphatic rings. The second-order valence-electron chi connectivity index (χ2n) is 2.67. The molecule has 1 nitrogen and oxygen atoms in total. The second-order valence-corrected chi connectivity index (χ2v) is 2.67. The van der Waals surface area contributed by atoms with E-state index in [-0.39, 0.29) is 5.82 Å². The summed E-state index contributed by atoms with van der Waals surface area (Å²) in [5.74, 6) is -0.137. The predicted octanol–water partition coefficient (Wildman–Crippen LogP) is 2.73. The van der Waals surface area contributed by atoms with E-state index in [1.54, 1.807) is 13.0 Å². The van der Waals surface area contributed by atoms with Crippen molar-refractivity contribution in [3.05, 3.63) is 29.1 Å². The zero-order chi connectivity index (χ0) is 10.4. The minimum absolute atomic E-state index is 0.137. The topological polar surface area (TPSA) is 12.0 Å². The summed E-state index contributed by atoms with van der Waals surface area (Å²) < 4.78 is 12.9. The highest BCUT2D eigenvalue weighted by atomic mass is 19.1. The first-order chi connectivity index (χ1) is 6.15. The van der Waals surface area contributed by atoms with Crippen molar-refractivity contribution in [2.75, 3.05) is 12.4 Å². The Bertz CT molecular complexity index is 302. The number of terminal acetylenes is 1. The van der Waals surface area contributed by atoms with Crippen LogP contribution in [0.3, 0.4) is 0 Å². The number of hydrogen-bond donors (Lipinski definition) is 1. The Morgan fingerprint density at radius 3 is 2.15 bits per heavy atom. The zero-order valence-corrected chi connectivity index (χ0v) is 8.19. The van der Waals surface area contributed by atoms with Gasteiger partial charge in [-0.3, -0.25) is 0 Å². The Morgan fingerprint density at radius 2 is 1.69 bits per heavy atom. The van der Waals surface area contributed by atoms with Crippen molar-refractivity contribution in [3.8, 4) is 12.8 Å². The molecular formula is C11H14FN. The SMILES string of the molecule is C#C.CNc1cc(C)c(F)cc1C. The van der Waals surface area contributed by atoms with Gasteiger partial charge in [0.25, 0.3) is 0 Å². The van der Waals surface area contributed by atoms with Crippen LogP contribution in [0.5, 0.6) is 0 Å². The number of nitrogens with one attached hydrogen (secondary N) is 1. The molecule has 70 valence electrons.